The average molecular weight is 226 g/mol. The average Bonchev–Trinajstić information content (AvgIpc) is 2.50. The lowest BCUT2D eigenvalue weighted by molar-refractivity contribution is -0.201. The summed E-state index contributed by atoms with van der Waals surface area (Å²) >= 11 is 0.943. The van der Waals surface area contributed by atoms with Crippen LogP contribution in [0.5, 0.6) is 0 Å². The van der Waals surface area contributed by atoms with Crippen molar-refractivity contribution >= 4 is 17.7 Å². The summed E-state index contributed by atoms with van der Waals surface area (Å²) in [7, 11) is 0. The molecule has 0 spiro atoms. The summed E-state index contributed by atoms with van der Waals surface area (Å²) in [6.07, 6.45) is -4.99. The van der Waals surface area contributed by atoms with E-state index in [-0.39, 0.29) is 0 Å². The van der Waals surface area contributed by atoms with E-state index in [1.165, 1.54) is 0 Å². The normalized spacial score (nSPS) is 27.0. The molecule has 1 heterocycles. The summed E-state index contributed by atoms with van der Waals surface area (Å²) < 4.78 is 39.2. The van der Waals surface area contributed by atoms with Crippen molar-refractivity contribution in [2.75, 3.05) is 5.75 Å². The summed E-state index contributed by atoms with van der Waals surface area (Å²) in [6.45, 7) is 0. The van der Waals surface area contributed by atoms with Crippen LogP contribution < -0.4 is 5.32 Å². The van der Waals surface area contributed by atoms with Crippen LogP contribution in [0, 0.1) is 11.3 Å². The van der Waals surface area contributed by atoms with Crippen LogP contribution in [0.25, 0.3) is 0 Å². The van der Waals surface area contributed by atoms with Crippen molar-refractivity contribution in [3.8, 4) is 6.07 Å². The SMILES string of the molecule is N#CC1CSC(OC(=O)C(F)(F)F)N1. The Bertz CT molecular complexity index is 275. The minimum atomic E-state index is -4.99. The molecule has 1 aliphatic rings. The lowest BCUT2D eigenvalue weighted by Gasteiger charge is -2.12. The van der Waals surface area contributed by atoms with Crippen LogP contribution in [-0.4, -0.2) is 29.5 Å². The fourth-order valence-electron chi connectivity index (χ4n) is 0.751. The van der Waals surface area contributed by atoms with E-state index in [2.05, 4.69) is 10.1 Å². The van der Waals surface area contributed by atoms with E-state index < -0.39 is 23.7 Å². The van der Waals surface area contributed by atoms with E-state index in [1.807, 2.05) is 0 Å². The van der Waals surface area contributed by atoms with Gasteiger partial charge in [-0.3, -0.25) is 5.32 Å². The van der Waals surface area contributed by atoms with Crippen LogP contribution in [-0.2, 0) is 9.53 Å². The number of nitrogens with one attached hydrogen (secondary N) is 1. The van der Waals surface area contributed by atoms with Gasteiger partial charge in [-0.25, -0.2) is 4.79 Å². The topological polar surface area (TPSA) is 62.1 Å². The second-order valence-electron chi connectivity index (χ2n) is 2.42. The third-order valence-corrected chi connectivity index (χ3v) is 2.41. The first-order valence-corrected chi connectivity index (χ1v) is 4.53. The maximum atomic E-state index is 11.7. The molecular formula is C6H5F3N2O2S. The van der Waals surface area contributed by atoms with Gasteiger partial charge in [0, 0.05) is 5.75 Å². The number of carbonyl (C=O) groups is 1. The third kappa shape index (κ3) is 2.78. The van der Waals surface area contributed by atoms with Gasteiger partial charge in [0.2, 0.25) is 5.56 Å². The summed E-state index contributed by atoms with van der Waals surface area (Å²) in [4.78, 5) is 10.3. The first-order valence-electron chi connectivity index (χ1n) is 3.48. The van der Waals surface area contributed by atoms with Gasteiger partial charge >= 0.3 is 12.1 Å². The lowest BCUT2D eigenvalue weighted by atomic mass is 10.4. The van der Waals surface area contributed by atoms with Gasteiger partial charge in [0.15, 0.2) is 0 Å². The molecule has 78 valence electrons. The Kier molecular flexibility index (Phi) is 3.23. The molecule has 0 aromatic carbocycles. The molecule has 0 bridgehead atoms. The zero-order valence-electron chi connectivity index (χ0n) is 6.67. The Balaban J connectivity index is 2.41. The van der Waals surface area contributed by atoms with Gasteiger partial charge in [-0.2, -0.15) is 18.4 Å². The first-order chi connectivity index (χ1) is 6.43. The highest BCUT2D eigenvalue weighted by Gasteiger charge is 2.43. The Morgan fingerprint density at radius 2 is 2.29 bits per heavy atom. The predicted octanol–water partition coefficient (Wildman–Crippen LogP) is 0.604. The van der Waals surface area contributed by atoms with Gasteiger partial charge in [0.05, 0.1) is 6.07 Å². The molecule has 1 fully saturated rings. The highest BCUT2D eigenvalue weighted by molar-refractivity contribution is 8.00. The molecule has 8 heteroatoms. The molecule has 0 amide bonds. The fraction of sp³-hybridized carbons (Fsp3) is 0.667. The molecule has 0 saturated carbocycles. The van der Waals surface area contributed by atoms with Crippen molar-refractivity contribution < 1.29 is 22.7 Å². The summed E-state index contributed by atoms with van der Waals surface area (Å²) in [5.74, 6) is -1.95. The molecular weight excluding hydrogens is 221 g/mol. The second-order valence-corrected chi connectivity index (χ2v) is 3.51. The number of nitriles is 1. The van der Waals surface area contributed by atoms with Gasteiger partial charge < -0.3 is 4.74 Å². The molecule has 0 radical (unpaired) electrons. The van der Waals surface area contributed by atoms with E-state index in [0.717, 1.165) is 11.8 Å². The molecule has 2 atom stereocenters. The van der Waals surface area contributed by atoms with Crippen LogP contribution in [0.1, 0.15) is 0 Å². The number of carbonyl (C=O) groups excluding carboxylic acids is 1. The molecule has 4 nitrogen and oxygen atoms in total. The van der Waals surface area contributed by atoms with Crippen molar-refractivity contribution in [2.24, 2.45) is 0 Å². The van der Waals surface area contributed by atoms with Crippen molar-refractivity contribution in [3.63, 3.8) is 0 Å². The first kappa shape index (κ1) is 11.1. The zero-order valence-corrected chi connectivity index (χ0v) is 7.48. The number of halogens is 3. The summed E-state index contributed by atoms with van der Waals surface area (Å²) in [5.41, 5.74) is -1.09. The van der Waals surface area contributed by atoms with Crippen molar-refractivity contribution in [1.29, 1.82) is 5.26 Å². The van der Waals surface area contributed by atoms with Crippen LogP contribution in [0.2, 0.25) is 0 Å². The van der Waals surface area contributed by atoms with E-state index in [9.17, 15) is 18.0 Å². The number of hydrogen-bond donors (Lipinski definition) is 1. The molecule has 1 saturated heterocycles. The van der Waals surface area contributed by atoms with E-state index in [1.54, 1.807) is 6.07 Å². The quantitative estimate of drug-likeness (QED) is 0.663. The number of thioether (sulfide) groups is 1. The second kappa shape index (κ2) is 4.06. The highest BCUT2D eigenvalue weighted by Crippen LogP contribution is 2.23. The van der Waals surface area contributed by atoms with Crippen molar-refractivity contribution in [2.45, 2.75) is 17.8 Å². The fourth-order valence-corrected chi connectivity index (χ4v) is 1.70. The van der Waals surface area contributed by atoms with Crippen LogP contribution in [0.15, 0.2) is 0 Å². The Morgan fingerprint density at radius 1 is 1.64 bits per heavy atom. The number of ether oxygens (including phenoxy) is 1. The minimum Gasteiger partial charge on any atom is -0.430 e. The van der Waals surface area contributed by atoms with Crippen molar-refractivity contribution in [1.82, 2.24) is 5.32 Å². The molecule has 2 unspecified atom stereocenters. The van der Waals surface area contributed by atoms with E-state index >= 15 is 0 Å². The van der Waals surface area contributed by atoms with Crippen LogP contribution >= 0.6 is 11.8 Å². The number of hydrogen-bond acceptors (Lipinski definition) is 5. The standard InChI is InChI=1S/C6H5F3N2O2S/c7-6(8,9)4(12)13-5-11-3(1-10)2-14-5/h3,5,11H,2H2. The monoisotopic (exact) mass is 226 g/mol. The maximum absolute atomic E-state index is 11.7. The Hall–Kier alpha value is -0.940. The predicted molar refractivity (Wildman–Crippen MR) is 40.9 cm³/mol. The van der Waals surface area contributed by atoms with Gasteiger partial charge in [0.1, 0.15) is 6.04 Å². The third-order valence-electron chi connectivity index (χ3n) is 1.35. The number of nitrogens with zero attached hydrogens (tertiary/aromatic N) is 1. The molecule has 0 aliphatic carbocycles. The lowest BCUT2D eigenvalue weighted by Crippen LogP contribution is -2.36. The van der Waals surface area contributed by atoms with Crippen LogP contribution in [0.4, 0.5) is 13.2 Å². The smallest absolute Gasteiger partial charge is 0.430 e. The zero-order chi connectivity index (χ0) is 10.8. The van der Waals surface area contributed by atoms with Crippen LogP contribution in [0.3, 0.4) is 0 Å². The van der Waals surface area contributed by atoms with E-state index in [4.69, 9.17) is 5.26 Å². The van der Waals surface area contributed by atoms with Gasteiger partial charge in [-0.15, -0.1) is 0 Å². The molecule has 1 rings (SSSR count). The Labute approximate surface area is 81.4 Å². The number of rotatable bonds is 1. The summed E-state index contributed by atoms with van der Waals surface area (Å²) in [6, 6.07) is 1.22. The van der Waals surface area contributed by atoms with Gasteiger partial charge in [-0.1, -0.05) is 11.8 Å². The molecule has 1 N–H and O–H groups in total. The van der Waals surface area contributed by atoms with Crippen molar-refractivity contribution in [3.05, 3.63) is 0 Å². The molecule has 0 aromatic heterocycles. The minimum absolute atomic E-state index is 0.298. The Morgan fingerprint density at radius 3 is 2.71 bits per heavy atom. The van der Waals surface area contributed by atoms with Gasteiger partial charge in [0.25, 0.3) is 0 Å². The largest absolute Gasteiger partial charge is 0.491 e. The van der Waals surface area contributed by atoms with E-state index in [0.29, 0.717) is 5.75 Å². The van der Waals surface area contributed by atoms with Gasteiger partial charge in [-0.05, 0) is 0 Å². The highest BCUT2D eigenvalue weighted by atomic mass is 32.2. The number of esters is 1. The molecule has 1 aliphatic heterocycles. The maximum Gasteiger partial charge on any atom is 0.491 e. The molecule has 14 heavy (non-hydrogen) atoms. The summed E-state index contributed by atoms with van der Waals surface area (Å²) in [5, 5.41) is 10.8. The number of alkyl halides is 3. The molecule has 0 aromatic rings.